The van der Waals surface area contributed by atoms with Crippen molar-refractivity contribution in [2.24, 2.45) is 11.8 Å². The van der Waals surface area contributed by atoms with Crippen molar-refractivity contribution in [1.82, 2.24) is 10.2 Å². The molecule has 2 N–H and O–H groups in total. The molecule has 0 aliphatic carbocycles. The van der Waals surface area contributed by atoms with E-state index in [-0.39, 0.29) is 0 Å². The van der Waals surface area contributed by atoms with E-state index in [9.17, 15) is 22.8 Å². The fourth-order valence-corrected chi connectivity index (χ4v) is 3.21. The van der Waals surface area contributed by atoms with E-state index in [2.05, 4.69) is 5.32 Å². The molecule has 1 aliphatic heterocycles. The van der Waals surface area contributed by atoms with Gasteiger partial charge in [0.05, 0.1) is 17.9 Å². The molecule has 3 atom stereocenters. The molecule has 0 aromatic heterocycles. The zero-order valence-electron chi connectivity index (χ0n) is 13.7. The van der Waals surface area contributed by atoms with Gasteiger partial charge < -0.3 is 15.3 Å². The van der Waals surface area contributed by atoms with Crippen LogP contribution in [0, 0.1) is 11.8 Å². The number of thioether (sulfide) groups is 1. The Morgan fingerprint density at radius 1 is 1.28 bits per heavy atom. The third-order valence-electron chi connectivity index (χ3n) is 4.30. The van der Waals surface area contributed by atoms with Gasteiger partial charge in [-0.2, -0.15) is 13.2 Å². The number of amides is 2. The third kappa shape index (κ3) is 4.59. The predicted octanol–water partition coefficient (Wildman–Crippen LogP) is 3.37. The average Bonchev–Trinajstić information content (AvgIpc) is 3.01. The second-order valence-corrected chi connectivity index (χ2v) is 6.82. The van der Waals surface area contributed by atoms with Crippen LogP contribution in [0.3, 0.4) is 0 Å². The highest BCUT2D eigenvalue weighted by atomic mass is 32.2. The van der Waals surface area contributed by atoms with Crippen LogP contribution in [-0.2, 0) is 4.79 Å². The third-order valence-corrected chi connectivity index (χ3v) is 5.04. The maximum absolute atomic E-state index is 13.0. The largest absolute Gasteiger partial charge is 0.481 e. The predicted molar refractivity (Wildman–Crippen MR) is 87.4 cm³/mol. The number of hydrogen-bond donors (Lipinski definition) is 2. The van der Waals surface area contributed by atoms with Crippen molar-refractivity contribution < 1.29 is 27.9 Å². The minimum Gasteiger partial charge on any atom is -0.481 e. The van der Waals surface area contributed by atoms with Crippen LogP contribution in [0.25, 0.3) is 0 Å². The lowest BCUT2D eigenvalue weighted by Gasteiger charge is -2.21. The fourth-order valence-electron chi connectivity index (χ4n) is 2.80. The van der Waals surface area contributed by atoms with Gasteiger partial charge in [0.25, 0.3) is 0 Å². The molecule has 0 saturated carbocycles. The highest BCUT2D eigenvalue weighted by Crippen LogP contribution is 2.37. The number of carbonyl (C=O) groups excluding carboxylic acids is 1. The first kappa shape index (κ1) is 19.4. The number of likely N-dealkylation sites (tertiary alicyclic amines) is 1. The van der Waals surface area contributed by atoms with Crippen molar-refractivity contribution in [3.05, 3.63) is 29.8 Å². The number of carboxylic acid groups (broad SMARTS) is 1. The Hall–Kier alpha value is -1.90. The zero-order chi connectivity index (χ0) is 18.8. The highest BCUT2D eigenvalue weighted by Gasteiger charge is 2.53. The van der Waals surface area contributed by atoms with Gasteiger partial charge in [-0.25, -0.2) is 4.79 Å². The number of hydrogen-bond acceptors (Lipinski definition) is 3. The minimum atomic E-state index is -4.66. The number of rotatable bonds is 4. The number of aliphatic carboxylic acids is 1. The number of nitrogens with one attached hydrogen (secondary N) is 1. The summed E-state index contributed by atoms with van der Waals surface area (Å²) in [6, 6.07) is 6.34. The maximum Gasteiger partial charge on any atom is 0.394 e. The smallest absolute Gasteiger partial charge is 0.394 e. The first-order chi connectivity index (χ1) is 11.6. The molecule has 0 spiro atoms. The minimum absolute atomic E-state index is 0.406. The number of carboxylic acids is 1. The number of benzene rings is 1. The lowest BCUT2D eigenvalue weighted by molar-refractivity contribution is -0.187. The Morgan fingerprint density at radius 3 is 2.32 bits per heavy atom. The molecule has 25 heavy (non-hydrogen) atoms. The summed E-state index contributed by atoms with van der Waals surface area (Å²) in [4.78, 5) is 25.3. The molecule has 1 aliphatic rings. The summed E-state index contributed by atoms with van der Waals surface area (Å²) in [7, 11) is 0. The van der Waals surface area contributed by atoms with Crippen LogP contribution in [0.15, 0.2) is 29.2 Å². The maximum atomic E-state index is 13.0. The van der Waals surface area contributed by atoms with Crippen molar-refractivity contribution in [2.75, 3.05) is 19.3 Å². The molecule has 9 heteroatoms. The van der Waals surface area contributed by atoms with Gasteiger partial charge >= 0.3 is 18.2 Å². The Bertz CT molecular complexity index is 637. The van der Waals surface area contributed by atoms with Crippen LogP contribution < -0.4 is 5.32 Å². The molecule has 0 radical (unpaired) electrons. The summed E-state index contributed by atoms with van der Waals surface area (Å²) in [6.45, 7) is 0.617. The van der Waals surface area contributed by atoms with Gasteiger partial charge in [0.1, 0.15) is 0 Å². The Labute approximate surface area is 147 Å². The van der Waals surface area contributed by atoms with Crippen molar-refractivity contribution in [2.45, 2.75) is 24.0 Å². The average molecular weight is 376 g/mol. The number of nitrogens with zero attached hydrogens (tertiary/aromatic N) is 1. The number of carbonyl (C=O) groups is 2. The summed E-state index contributed by atoms with van der Waals surface area (Å²) in [6.07, 6.45) is -2.72. The lowest BCUT2D eigenvalue weighted by Crippen LogP contribution is -2.40. The summed E-state index contributed by atoms with van der Waals surface area (Å²) in [5.41, 5.74) is 0.813. The van der Waals surface area contributed by atoms with Crippen LogP contribution in [0.4, 0.5) is 18.0 Å². The quantitative estimate of drug-likeness (QED) is 0.791. The SMILES string of the molecule is CSc1ccc([C@@H](C)NC(=O)N2C[C@@H](C(F)(F)F)[C@H](C(=O)O)C2)cc1. The zero-order valence-corrected chi connectivity index (χ0v) is 14.5. The van der Waals surface area contributed by atoms with Gasteiger partial charge in [0.15, 0.2) is 0 Å². The van der Waals surface area contributed by atoms with E-state index in [4.69, 9.17) is 5.11 Å². The first-order valence-electron chi connectivity index (χ1n) is 7.62. The van der Waals surface area contributed by atoms with Crippen molar-refractivity contribution in [3.8, 4) is 0 Å². The lowest BCUT2D eigenvalue weighted by atomic mass is 9.96. The van der Waals surface area contributed by atoms with Gasteiger partial charge in [-0.15, -0.1) is 11.8 Å². The van der Waals surface area contributed by atoms with E-state index in [0.717, 1.165) is 15.4 Å². The molecule has 0 bridgehead atoms. The number of urea groups is 1. The van der Waals surface area contributed by atoms with E-state index in [0.29, 0.717) is 0 Å². The van der Waals surface area contributed by atoms with Crippen LogP contribution in [0.5, 0.6) is 0 Å². The van der Waals surface area contributed by atoms with Crippen molar-refractivity contribution >= 4 is 23.8 Å². The molecule has 2 rings (SSSR count). The second-order valence-electron chi connectivity index (χ2n) is 5.94. The molecule has 1 fully saturated rings. The van der Waals surface area contributed by atoms with E-state index in [1.54, 1.807) is 18.7 Å². The van der Waals surface area contributed by atoms with Crippen LogP contribution in [-0.4, -0.2) is 47.5 Å². The van der Waals surface area contributed by atoms with Crippen LogP contribution in [0.1, 0.15) is 18.5 Å². The molecule has 1 saturated heterocycles. The molecule has 1 heterocycles. The van der Waals surface area contributed by atoms with Gasteiger partial charge in [-0.3, -0.25) is 4.79 Å². The van der Waals surface area contributed by atoms with Gasteiger partial charge in [-0.1, -0.05) is 12.1 Å². The van der Waals surface area contributed by atoms with E-state index < -0.39 is 49.1 Å². The van der Waals surface area contributed by atoms with E-state index >= 15 is 0 Å². The normalized spacial score (nSPS) is 21.9. The van der Waals surface area contributed by atoms with Crippen molar-refractivity contribution in [1.29, 1.82) is 0 Å². The highest BCUT2D eigenvalue weighted by molar-refractivity contribution is 7.98. The van der Waals surface area contributed by atoms with Gasteiger partial charge in [-0.05, 0) is 30.9 Å². The monoisotopic (exact) mass is 376 g/mol. The molecule has 1 aromatic carbocycles. The second kappa shape index (κ2) is 7.55. The van der Waals surface area contributed by atoms with E-state index in [1.807, 2.05) is 30.5 Å². The molecule has 5 nitrogen and oxygen atoms in total. The van der Waals surface area contributed by atoms with Gasteiger partial charge in [0.2, 0.25) is 0 Å². The van der Waals surface area contributed by atoms with Crippen LogP contribution in [0.2, 0.25) is 0 Å². The summed E-state index contributed by atoms with van der Waals surface area (Å²) in [5, 5.41) is 11.6. The molecule has 1 aromatic rings. The molecule has 2 amide bonds. The number of halogens is 3. The molecule has 0 unspecified atom stereocenters. The number of alkyl halides is 3. The first-order valence-corrected chi connectivity index (χ1v) is 8.85. The standard InChI is InChI=1S/C16H19F3N2O3S/c1-9(10-3-5-11(25-2)6-4-10)20-15(24)21-7-12(14(22)23)13(8-21)16(17,18)19/h3-6,9,12-13H,7-8H2,1-2H3,(H,20,24)(H,22,23)/t9-,12-,13-/m1/s1. The Morgan fingerprint density at radius 2 is 1.88 bits per heavy atom. The van der Waals surface area contributed by atoms with Crippen LogP contribution >= 0.6 is 11.8 Å². The summed E-state index contributed by atoms with van der Waals surface area (Å²) >= 11 is 1.57. The summed E-state index contributed by atoms with van der Waals surface area (Å²) < 4.78 is 38.9. The molecule has 138 valence electrons. The Balaban J connectivity index is 2.03. The topological polar surface area (TPSA) is 69.6 Å². The molecular formula is C16H19F3N2O3S. The molecular weight excluding hydrogens is 357 g/mol. The summed E-state index contributed by atoms with van der Waals surface area (Å²) in [5.74, 6) is -5.23. The Kier molecular flexibility index (Phi) is 5.87. The fraction of sp³-hybridized carbons (Fsp3) is 0.500. The van der Waals surface area contributed by atoms with Crippen molar-refractivity contribution in [3.63, 3.8) is 0 Å². The van der Waals surface area contributed by atoms with Gasteiger partial charge in [0, 0.05) is 18.0 Å². The van der Waals surface area contributed by atoms with E-state index in [1.165, 1.54) is 0 Å².